The fourth-order valence-corrected chi connectivity index (χ4v) is 4.95. The zero-order valence-corrected chi connectivity index (χ0v) is 18.9. The molecule has 1 fully saturated rings. The number of aromatic nitrogens is 4. The first-order valence-corrected chi connectivity index (χ1v) is 11.5. The standard InChI is InChI=1S/C25H27FN6O/c1-15-4-6-19-24(28)29-14-20(30-19)23-18(31-32(2)21(23)13-27)8-11-25(9-3-10-25)33-22-7-5-16(26)12-17(15)22/h5,7,12,14-15H,3-4,6,8-11H2,1-2H3,(H2,28,29)/t15-/m0/s1. The summed E-state index contributed by atoms with van der Waals surface area (Å²) >= 11 is 0. The molecule has 8 heteroatoms. The third kappa shape index (κ3) is 3.82. The smallest absolute Gasteiger partial charge is 0.147 e. The number of nitrogen functional groups attached to an aromatic ring is 1. The number of nitrogens with two attached hydrogens (primary N) is 1. The molecule has 0 saturated heterocycles. The molecule has 33 heavy (non-hydrogen) atoms. The van der Waals surface area contributed by atoms with Crippen LogP contribution in [-0.2, 0) is 19.9 Å². The van der Waals surface area contributed by atoms with Gasteiger partial charge in [0.15, 0.2) is 0 Å². The van der Waals surface area contributed by atoms with Crippen molar-refractivity contribution < 1.29 is 9.13 Å². The first-order valence-electron chi connectivity index (χ1n) is 11.5. The van der Waals surface area contributed by atoms with Gasteiger partial charge in [-0.3, -0.25) is 4.68 Å². The van der Waals surface area contributed by atoms with Crippen LogP contribution in [0.3, 0.4) is 0 Å². The Bertz CT molecular complexity index is 1260. The number of ether oxygens (including phenoxy) is 1. The Labute approximate surface area is 192 Å². The molecule has 0 radical (unpaired) electrons. The second-order valence-corrected chi connectivity index (χ2v) is 9.25. The lowest BCUT2D eigenvalue weighted by Crippen LogP contribution is -2.44. The summed E-state index contributed by atoms with van der Waals surface area (Å²) in [6, 6.07) is 7.07. The van der Waals surface area contributed by atoms with Crippen molar-refractivity contribution in [3.8, 4) is 23.1 Å². The van der Waals surface area contributed by atoms with Crippen LogP contribution in [0.25, 0.3) is 11.3 Å². The van der Waals surface area contributed by atoms with Gasteiger partial charge in [-0.25, -0.2) is 14.4 Å². The molecular formula is C25H27FN6O. The Balaban J connectivity index is 1.64. The maximum atomic E-state index is 14.2. The predicted molar refractivity (Wildman–Crippen MR) is 122 cm³/mol. The van der Waals surface area contributed by atoms with Gasteiger partial charge in [0.2, 0.25) is 0 Å². The van der Waals surface area contributed by atoms with E-state index >= 15 is 0 Å². The number of anilines is 1. The highest BCUT2D eigenvalue weighted by Gasteiger charge is 2.40. The molecule has 1 spiro atoms. The van der Waals surface area contributed by atoms with Gasteiger partial charge in [-0.1, -0.05) is 6.92 Å². The molecule has 2 aliphatic rings. The zero-order valence-electron chi connectivity index (χ0n) is 18.9. The highest BCUT2D eigenvalue weighted by molar-refractivity contribution is 5.68. The van der Waals surface area contributed by atoms with E-state index in [0.717, 1.165) is 48.3 Å². The van der Waals surface area contributed by atoms with Crippen molar-refractivity contribution in [3.05, 3.63) is 52.9 Å². The molecule has 3 heterocycles. The predicted octanol–water partition coefficient (Wildman–Crippen LogP) is 4.45. The largest absolute Gasteiger partial charge is 0.487 e. The van der Waals surface area contributed by atoms with Crippen molar-refractivity contribution in [2.45, 2.75) is 63.4 Å². The van der Waals surface area contributed by atoms with E-state index in [2.05, 4.69) is 23.1 Å². The van der Waals surface area contributed by atoms with Crippen LogP contribution in [-0.4, -0.2) is 25.3 Å². The number of nitriles is 1. The summed E-state index contributed by atoms with van der Waals surface area (Å²) in [5.41, 5.74) is 9.97. The van der Waals surface area contributed by atoms with E-state index in [1.165, 1.54) is 6.07 Å². The highest BCUT2D eigenvalue weighted by atomic mass is 19.1. The van der Waals surface area contributed by atoms with Gasteiger partial charge in [0, 0.05) is 7.05 Å². The highest BCUT2D eigenvalue weighted by Crippen LogP contribution is 2.43. The van der Waals surface area contributed by atoms with Crippen LogP contribution in [0.4, 0.5) is 10.2 Å². The molecule has 7 nitrogen and oxygen atoms in total. The second-order valence-electron chi connectivity index (χ2n) is 9.25. The first-order chi connectivity index (χ1) is 15.9. The van der Waals surface area contributed by atoms with Gasteiger partial charge in [0.25, 0.3) is 0 Å². The third-order valence-corrected chi connectivity index (χ3v) is 7.08. The van der Waals surface area contributed by atoms with Crippen LogP contribution >= 0.6 is 0 Å². The number of hydrogen-bond donors (Lipinski definition) is 1. The molecule has 1 atom stereocenters. The molecule has 1 aliphatic heterocycles. The lowest BCUT2D eigenvalue weighted by molar-refractivity contribution is -0.0156. The van der Waals surface area contributed by atoms with Crippen molar-refractivity contribution in [2.75, 3.05) is 5.73 Å². The number of nitrogens with zero attached hydrogens (tertiary/aromatic N) is 5. The zero-order chi connectivity index (χ0) is 23.2. The molecule has 1 aromatic carbocycles. The Morgan fingerprint density at radius 2 is 2.06 bits per heavy atom. The molecule has 0 amide bonds. The van der Waals surface area contributed by atoms with Crippen molar-refractivity contribution in [3.63, 3.8) is 0 Å². The van der Waals surface area contributed by atoms with E-state index < -0.39 is 0 Å². The number of rotatable bonds is 0. The fraction of sp³-hybridized carbons (Fsp3) is 0.440. The van der Waals surface area contributed by atoms with Crippen LogP contribution in [0.1, 0.15) is 67.6 Å². The Hall–Kier alpha value is -3.47. The molecule has 170 valence electrons. The van der Waals surface area contributed by atoms with E-state index in [0.29, 0.717) is 42.2 Å². The summed E-state index contributed by atoms with van der Waals surface area (Å²) in [6.07, 6.45) is 7.27. The number of hydrogen-bond acceptors (Lipinski definition) is 6. The topological polar surface area (TPSA) is 103 Å². The molecule has 2 bridgehead atoms. The molecule has 2 aromatic heterocycles. The number of fused-ring (bicyclic) bond motifs is 5. The van der Waals surface area contributed by atoms with Crippen LogP contribution in [0.5, 0.6) is 5.75 Å². The third-order valence-electron chi connectivity index (χ3n) is 7.08. The van der Waals surface area contributed by atoms with Gasteiger partial charge in [-0.2, -0.15) is 10.4 Å². The molecule has 1 saturated carbocycles. The Morgan fingerprint density at radius 1 is 1.24 bits per heavy atom. The minimum Gasteiger partial charge on any atom is -0.487 e. The summed E-state index contributed by atoms with van der Waals surface area (Å²) in [6.45, 7) is 2.07. The molecule has 1 aliphatic carbocycles. The number of benzene rings is 1. The minimum absolute atomic E-state index is 0.0456. The molecule has 0 unspecified atom stereocenters. The van der Waals surface area contributed by atoms with Crippen LogP contribution in [0.2, 0.25) is 0 Å². The number of halogens is 1. The average Bonchev–Trinajstić information content (AvgIpc) is 3.10. The van der Waals surface area contributed by atoms with Gasteiger partial charge >= 0.3 is 0 Å². The normalized spacial score (nSPS) is 19.4. The van der Waals surface area contributed by atoms with E-state index in [9.17, 15) is 9.65 Å². The van der Waals surface area contributed by atoms with Gasteiger partial charge in [0.1, 0.15) is 34.7 Å². The first kappa shape index (κ1) is 21.4. The van der Waals surface area contributed by atoms with Gasteiger partial charge in [0.05, 0.1) is 28.8 Å². The van der Waals surface area contributed by atoms with E-state index in [4.69, 9.17) is 15.5 Å². The summed E-state index contributed by atoms with van der Waals surface area (Å²) < 4.78 is 22.4. The molecular weight excluding hydrogens is 419 g/mol. The van der Waals surface area contributed by atoms with Crippen LogP contribution in [0.15, 0.2) is 24.4 Å². The van der Waals surface area contributed by atoms with Gasteiger partial charge < -0.3 is 10.5 Å². The van der Waals surface area contributed by atoms with E-state index in [1.807, 2.05) is 0 Å². The van der Waals surface area contributed by atoms with Crippen molar-refractivity contribution in [1.82, 2.24) is 19.7 Å². The van der Waals surface area contributed by atoms with Gasteiger partial charge in [-0.05, 0) is 74.6 Å². The maximum Gasteiger partial charge on any atom is 0.147 e. The van der Waals surface area contributed by atoms with Crippen LogP contribution < -0.4 is 10.5 Å². The SMILES string of the molecule is C[C@H]1CCc2nc(cnc2N)-c2c(nn(C)c2C#N)CCC2(CCC2)Oc2ccc(F)cc21. The van der Waals surface area contributed by atoms with Crippen molar-refractivity contribution in [1.29, 1.82) is 5.26 Å². The fourth-order valence-electron chi connectivity index (χ4n) is 4.95. The second kappa shape index (κ2) is 8.14. The van der Waals surface area contributed by atoms with Gasteiger partial charge in [-0.15, -0.1) is 0 Å². The average molecular weight is 447 g/mol. The quantitative estimate of drug-likeness (QED) is 0.547. The summed E-state index contributed by atoms with van der Waals surface area (Å²) in [4.78, 5) is 9.18. The van der Waals surface area contributed by atoms with Crippen LogP contribution in [0, 0.1) is 17.1 Å². The monoisotopic (exact) mass is 446 g/mol. The Kier molecular flexibility index (Phi) is 5.28. The Morgan fingerprint density at radius 3 is 2.79 bits per heavy atom. The molecule has 2 N–H and O–H groups in total. The van der Waals surface area contributed by atoms with E-state index in [1.54, 1.807) is 30.1 Å². The molecule has 3 aromatic rings. The lowest BCUT2D eigenvalue weighted by atomic mass is 9.76. The van der Waals surface area contributed by atoms with E-state index in [-0.39, 0.29) is 17.3 Å². The van der Waals surface area contributed by atoms with Crippen molar-refractivity contribution >= 4 is 5.82 Å². The minimum atomic E-state index is -0.310. The summed E-state index contributed by atoms with van der Waals surface area (Å²) in [5.74, 6) is 0.888. The number of aryl methyl sites for hydroxylation is 3. The maximum absolute atomic E-state index is 14.2. The molecule has 5 rings (SSSR count). The summed E-state index contributed by atoms with van der Waals surface area (Å²) in [7, 11) is 1.77. The van der Waals surface area contributed by atoms with Crippen molar-refractivity contribution in [2.24, 2.45) is 7.05 Å². The summed E-state index contributed by atoms with van der Waals surface area (Å²) in [5, 5.41) is 14.5. The lowest BCUT2D eigenvalue weighted by Gasteiger charge is -2.43.